The second-order valence-corrected chi connectivity index (χ2v) is 6.66. The molecule has 1 aliphatic carbocycles. The number of hydrogen-bond donors (Lipinski definition) is 4. The molecule has 10 heteroatoms. The summed E-state index contributed by atoms with van der Waals surface area (Å²) in [6.45, 7) is 3.98. The van der Waals surface area contributed by atoms with Crippen LogP contribution in [-0.2, 0) is 15.9 Å². The number of pyridine rings is 1. The standard InChI is InChI=1S/C19H30N8O2/c20-7-11-28-13-14-29-12-10-23-18-25-17(26-19(27-18)24-16-4-5-16)22-9-6-15-3-1-2-8-21-15/h1-3,8,16H,4-7,9-14,20H2,(H3,22,23,24,25,26,27). The average Bonchev–Trinajstić information content (AvgIpc) is 3.55. The number of anilines is 3. The molecule has 3 rings (SSSR count). The molecule has 1 fully saturated rings. The van der Waals surface area contributed by atoms with Crippen molar-refractivity contribution in [1.82, 2.24) is 19.9 Å². The van der Waals surface area contributed by atoms with Crippen molar-refractivity contribution in [3.8, 4) is 0 Å². The van der Waals surface area contributed by atoms with Crippen molar-refractivity contribution in [3.05, 3.63) is 30.1 Å². The molecule has 2 aromatic rings. The number of nitrogens with two attached hydrogens (primary N) is 1. The summed E-state index contributed by atoms with van der Waals surface area (Å²) in [6, 6.07) is 6.36. The highest BCUT2D eigenvalue weighted by atomic mass is 16.5. The number of rotatable bonds is 15. The van der Waals surface area contributed by atoms with Gasteiger partial charge in [0.15, 0.2) is 0 Å². The van der Waals surface area contributed by atoms with Gasteiger partial charge in [0.2, 0.25) is 17.8 Å². The first-order valence-electron chi connectivity index (χ1n) is 10.1. The molecular weight excluding hydrogens is 372 g/mol. The molecule has 0 aromatic carbocycles. The number of hydrogen-bond acceptors (Lipinski definition) is 10. The average molecular weight is 403 g/mol. The van der Waals surface area contributed by atoms with Crippen LogP contribution in [0, 0.1) is 0 Å². The van der Waals surface area contributed by atoms with Gasteiger partial charge >= 0.3 is 0 Å². The predicted octanol–water partition coefficient (Wildman–Crippen LogP) is 0.899. The van der Waals surface area contributed by atoms with Crippen molar-refractivity contribution in [2.45, 2.75) is 25.3 Å². The third kappa shape index (κ3) is 8.55. The van der Waals surface area contributed by atoms with Crippen LogP contribution >= 0.6 is 0 Å². The van der Waals surface area contributed by atoms with Crippen LogP contribution in [0.15, 0.2) is 24.4 Å². The van der Waals surface area contributed by atoms with Gasteiger partial charge in [0.1, 0.15) is 0 Å². The minimum atomic E-state index is 0.462. The van der Waals surface area contributed by atoms with Gasteiger partial charge in [-0.05, 0) is 25.0 Å². The molecule has 0 amide bonds. The lowest BCUT2D eigenvalue weighted by Crippen LogP contribution is -2.18. The third-order valence-electron chi connectivity index (χ3n) is 4.10. The van der Waals surface area contributed by atoms with Crippen LogP contribution in [0.2, 0.25) is 0 Å². The Hall–Kier alpha value is -2.56. The van der Waals surface area contributed by atoms with E-state index in [1.54, 1.807) is 6.20 Å². The molecule has 0 spiro atoms. The Morgan fingerprint density at radius 1 is 0.897 bits per heavy atom. The van der Waals surface area contributed by atoms with Gasteiger partial charge in [0, 0.05) is 44.0 Å². The molecule has 1 aliphatic rings. The molecule has 0 aliphatic heterocycles. The second kappa shape index (κ2) is 12.1. The van der Waals surface area contributed by atoms with Crippen LogP contribution < -0.4 is 21.7 Å². The van der Waals surface area contributed by atoms with Crippen LogP contribution in [0.5, 0.6) is 0 Å². The third-order valence-corrected chi connectivity index (χ3v) is 4.10. The summed E-state index contributed by atoms with van der Waals surface area (Å²) < 4.78 is 10.8. The van der Waals surface area contributed by atoms with Gasteiger partial charge in [-0.1, -0.05) is 6.07 Å². The Labute approximate surface area is 171 Å². The van der Waals surface area contributed by atoms with E-state index in [2.05, 4.69) is 35.9 Å². The Morgan fingerprint density at radius 2 is 1.62 bits per heavy atom. The summed E-state index contributed by atoms with van der Waals surface area (Å²) in [5.41, 5.74) is 6.39. The van der Waals surface area contributed by atoms with Crippen molar-refractivity contribution in [2.24, 2.45) is 5.73 Å². The van der Waals surface area contributed by atoms with Crippen LogP contribution in [0.4, 0.5) is 17.8 Å². The maximum atomic E-state index is 5.51. The van der Waals surface area contributed by atoms with Gasteiger partial charge in [-0.2, -0.15) is 15.0 Å². The Balaban J connectivity index is 1.44. The zero-order valence-electron chi connectivity index (χ0n) is 16.6. The Bertz CT molecular complexity index is 715. The minimum absolute atomic E-state index is 0.462. The van der Waals surface area contributed by atoms with Crippen LogP contribution in [0.1, 0.15) is 18.5 Å². The SMILES string of the molecule is NCCOCCOCCNc1nc(NCCc2ccccn2)nc(NC2CC2)n1. The number of aromatic nitrogens is 4. The first-order valence-corrected chi connectivity index (χ1v) is 10.1. The van der Waals surface area contributed by atoms with E-state index in [9.17, 15) is 0 Å². The molecule has 2 aromatic heterocycles. The van der Waals surface area contributed by atoms with Gasteiger partial charge < -0.3 is 31.2 Å². The van der Waals surface area contributed by atoms with E-state index in [0.717, 1.165) is 25.0 Å². The van der Waals surface area contributed by atoms with Crippen LogP contribution in [-0.4, -0.2) is 72.0 Å². The molecule has 0 atom stereocenters. The molecule has 5 N–H and O–H groups in total. The minimum Gasteiger partial charge on any atom is -0.378 e. The zero-order valence-corrected chi connectivity index (χ0v) is 16.6. The van der Waals surface area contributed by atoms with Gasteiger partial charge in [-0.3, -0.25) is 4.98 Å². The maximum absolute atomic E-state index is 5.51. The molecule has 0 bridgehead atoms. The molecule has 0 saturated heterocycles. The molecule has 1 saturated carbocycles. The Kier molecular flexibility index (Phi) is 8.83. The van der Waals surface area contributed by atoms with Gasteiger partial charge in [-0.15, -0.1) is 0 Å². The van der Waals surface area contributed by atoms with Crippen LogP contribution in [0.3, 0.4) is 0 Å². The number of nitrogens with one attached hydrogen (secondary N) is 3. The number of ether oxygens (including phenoxy) is 2. The van der Waals surface area contributed by atoms with Crippen molar-refractivity contribution >= 4 is 17.8 Å². The topological polar surface area (TPSA) is 132 Å². The predicted molar refractivity (Wildman–Crippen MR) is 112 cm³/mol. The summed E-state index contributed by atoms with van der Waals surface area (Å²) >= 11 is 0. The molecular formula is C19H30N8O2. The number of nitrogens with zero attached hydrogens (tertiary/aromatic N) is 4. The first-order chi connectivity index (χ1) is 14.3. The van der Waals surface area contributed by atoms with Crippen LogP contribution in [0.25, 0.3) is 0 Å². The van der Waals surface area contributed by atoms with Gasteiger partial charge in [0.05, 0.1) is 26.4 Å². The summed E-state index contributed by atoms with van der Waals surface area (Å²) in [4.78, 5) is 17.7. The molecule has 10 nitrogen and oxygen atoms in total. The molecule has 158 valence electrons. The largest absolute Gasteiger partial charge is 0.378 e. The van der Waals surface area contributed by atoms with Gasteiger partial charge in [0.25, 0.3) is 0 Å². The summed E-state index contributed by atoms with van der Waals surface area (Å²) in [6.07, 6.45) is 4.89. The lowest BCUT2D eigenvalue weighted by molar-refractivity contribution is 0.0547. The lowest BCUT2D eigenvalue weighted by Gasteiger charge is -2.11. The maximum Gasteiger partial charge on any atom is 0.229 e. The fourth-order valence-corrected chi connectivity index (χ4v) is 2.50. The smallest absolute Gasteiger partial charge is 0.229 e. The molecule has 0 radical (unpaired) electrons. The van der Waals surface area contributed by atoms with Crippen molar-refractivity contribution in [3.63, 3.8) is 0 Å². The highest BCUT2D eigenvalue weighted by molar-refractivity contribution is 5.43. The molecule has 2 heterocycles. The van der Waals surface area contributed by atoms with E-state index in [1.165, 1.54) is 0 Å². The molecule has 29 heavy (non-hydrogen) atoms. The zero-order chi connectivity index (χ0) is 20.2. The fourth-order valence-electron chi connectivity index (χ4n) is 2.50. The summed E-state index contributed by atoms with van der Waals surface area (Å²) in [5, 5.41) is 9.77. The van der Waals surface area contributed by atoms with Crippen molar-refractivity contribution in [2.75, 3.05) is 62.0 Å². The monoisotopic (exact) mass is 402 g/mol. The Morgan fingerprint density at radius 3 is 2.31 bits per heavy atom. The van der Waals surface area contributed by atoms with E-state index < -0.39 is 0 Å². The van der Waals surface area contributed by atoms with E-state index >= 15 is 0 Å². The summed E-state index contributed by atoms with van der Waals surface area (Å²) in [7, 11) is 0. The molecule has 0 unspecified atom stereocenters. The second-order valence-electron chi connectivity index (χ2n) is 6.66. The summed E-state index contributed by atoms with van der Waals surface area (Å²) in [5.74, 6) is 1.64. The van der Waals surface area contributed by atoms with Crippen molar-refractivity contribution in [1.29, 1.82) is 0 Å². The van der Waals surface area contributed by atoms with E-state index in [0.29, 0.717) is 69.9 Å². The highest BCUT2D eigenvalue weighted by Gasteiger charge is 2.22. The van der Waals surface area contributed by atoms with Gasteiger partial charge in [-0.25, -0.2) is 0 Å². The van der Waals surface area contributed by atoms with Crippen molar-refractivity contribution < 1.29 is 9.47 Å². The fraction of sp³-hybridized carbons (Fsp3) is 0.579. The first kappa shape index (κ1) is 21.2. The highest BCUT2D eigenvalue weighted by Crippen LogP contribution is 2.23. The van der Waals surface area contributed by atoms with E-state index in [-0.39, 0.29) is 0 Å². The lowest BCUT2D eigenvalue weighted by atomic mass is 10.3. The quantitative estimate of drug-likeness (QED) is 0.319. The normalized spacial score (nSPS) is 13.3. The van der Waals surface area contributed by atoms with E-state index in [4.69, 9.17) is 15.2 Å². The van der Waals surface area contributed by atoms with E-state index in [1.807, 2.05) is 18.2 Å².